The number of benzene rings is 2. The molecule has 0 fully saturated rings. The van der Waals surface area contributed by atoms with Crippen LogP contribution in [0.2, 0.25) is 5.02 Å². The Hall–Kier alpha value is -2.07. The van der Waals surface area contributed by atoms with Crippen molar-refractivity contribution >= 4 is 33.4 Å². The average molecular weight is 250 g/mol. The molecule has 1 aromatic heterocycles. The van der Waals surface area contributed by atoms with Gasteiger partial charge in [-0.15, -0.1) is 0 Å². The van der Waals surface area contributed by atoms with Crippen molar-refractivity contribution in [2.45, 2.75) is 0 Å². The first-order valence-corrected chi connectivity index (χ1v) is 5.30. The number of phenols is 3. The Balaban J connectivity index is 2.59. The SMILES string of the molecule is Oc1cc(O)c2c(c1)[nH]c1c(O)c(Cl)ccc12. The van der Waals surface area contributed by atoms with E-state index in [0.29, 0.717) is 21.8 Å². The van der Waals surface area contributed by atoms with Crippen LogP contribution >= 0.6 is 11.6 Å². The summed E-state index contributed by atoms with van der Waals surface area (Å²) >= 11 is 5.80. The molecule has 0 radical (unpaired) electrons. The van der Waals surface area contributed by atoms with Crippen LogP contribution in [-0.2, 0) is 0 Å². The van der Waals surface area contributed by atoms with Crippen LogP contribution in [0.4, 0.5) is 0 Å². The average Bonchev–Trinajstić information content (AvgIpc) is 2.62. The topological polar surface area (TPSA) is 76.5 Å². The van der Waals surface area contributed by atoms with Gasteiger partial charge in [-0.25, -0.2) is 0 Å². The summed E-state index contributed by atoms with van der Waals surface area (Å²) in [6.07, 6.45) is 0. The number of rotatable bonds is 0. The molecule has 17 heavy (non-hydrogen) atoms. The molecule has 0 bridgehead atoms. The molecule has 0 unspecified atom stereocenters. The van der Waals surface area contributed by atoms with Crippen molar-refractivity contribution in [2.24, 2.45) is 0 Å². The van der Waals surface area contributed by atoms with Gasteiger partial charge in [0.05, 0.1) is 16.1 Å². The summed E-state index contributed by atoms with van der Waals surface area (Å²) in [7, 11) is 0. The summed E-state index contributed by atoms with van der Waals surface area (Å²) in [5, 5.41) is 30.4. The molecular weight excluding hydrogens is 242 g/mol. The maximum atomic E-state index is 9.81. The van der Waals surface area contributed by atoms with E-state index in [1.807, 2.05) is 0 Å². The summed E-state index contributed by atoms with van der Waals surface area (Å²) < 4.78 is 0. The fourth-order valence-electron chi connectivity index (χ4n) is 2.03. The second kappa shape index (κ2) is 3.21. The number of hydrogen-bond acceptors (Lipinski definition) is 3. The van der Waals surface area contributed by atoms with Gasteiger partial charge in [0, 0.05) is 22.9 Å². The van der Waals surface area contributed by atoms with Crippen LogP contribution in [0.15, 0.2) is 24.3 Å². The minimum Gasteiger partial charge on any atom is -0.508 e. The van der Waals surface area contributed by atoms with E-state index in [9.17, 15) is 15.3 Å². The highest BCUT2D eigenvalue weighted by Gasteiger charge is 2.14. The molecule has 0 saturated carbocycles. The molecule has 4 N–H and O–H groups in total. The third-order valence-electron chi connectivity index (χ3n) is 2.76. The molecule has 5 heteroatoms. The number of halogens is 1. The summed E-state index contributed by atoms with van der Waals surface area (Å²) in [5.41, 5.74) is 0.975. The predicted molar refractivity (Wildman–Crippen MR) is 65.8 cm³/mol. The second-order valence-corrected chi connectivity index (χ2v) is 4.24. The Morgan fingerprint density at radius 2 is 1.82 bits per heavy atom. The number of phenolic OH excluding ortho intramolecular Hbond substituents is 3. The molecule has 0 saturated heterocycles. The number of aromatic amines is 1. The van der Waals surface area contributed by atoms with Gasteiger partial charge in [-0.3, -0.25) is 0 Å². The van der Waals surface area contributed by atoms with Crippen LogP contribution in [0.1, 0.15) is 0 Å². The van der Waals surface area contributed by atoms with Crippen LogP contribution in [0.25, 0.3) is 21.8 Å². The Morgan fingerprint density at radius 1 is 1.06 bits per heavy atom. The second-order valence-electron chi connectivity index (χ2n) is 3.83. The number of fused-ring (bicyclic) bond motifs is 3. The normalized spacial score (nSPS) is 11.4. The number of aromatic hydroxyl groups is 3. The van der Waals surface area contributed by atoms with E-state index in [-0.39, 0.29) is 22.3 Å². The minimum atomic E-state index is -0.0701. The van der Waals surface area contributed by atoms with Gasteiger partial charge in [0.15, 0.2) is 5.75 Å². The maximum absolute atomic E-state index is 9.81. The van der Waals surface area contributed by atoms with Crippen LogP contribution in [0.5, 0.6) is 17.2 Å². The summed E-state index contributed by atoms with van der Waals surface area (Å²) in [5.74, 6) is -0.167. The lowest BCUT2D eigenvalue weighted by Crippen LogP contribution is -1.72. The summed E-state index contributed by atoms with van der Waals surface area (Å²) in [6.45, 7) is 0. The van der Waals surface area contributed by atoms with Crippen molar-refractivity contribution in [1.82, 2.24) is 4.98 Å². The van der Waals surface area contributed by atoms with Gasteiger partial charge in [0.25, 0.3) is 0 Å². The van der Waals surface area contributed by atoms with E-state index in [0.717, 1.165) is 0 Å². The zero-order chi connectivity index (χ0) is 12.2. The van der Waals surface area contributed by atoms with E-state index in [2.05, 4.69) is 4.98 Å². The van der Waals surface area contributed by atoms with Gasteiger partial charge in [-0.1, -0.05) is 17.7 Å². The third kappa shape index (κ3) is 1.31. The minimum absolute atomic E-state index is 0.0482. The van der Waals surface area contributed by atoms with Crippen molar-refractivity contribution in [3.8, 4) is 17.2 Å². The first-order chi connectivity index (χ1) is 8.08. The van der Waals surface area contributed by atoms with Gasteiger partial charge in [0.1, 0.15) is 11.5 Å². The molecular formula is C12H8ClNO3. The number of aromatic nitrogens is 1. The predicted octanol–water partition coefficient (Wildman–Crippen LogP) is 3.09. The Kier molecular flexibility index (Phi) is 1.91. The van der Waals surface area contributed by atoms with Gasteiger partial charge < -0.3 is 20.3 Å². The van der Waals surface area contributed by atoms with Gasteiger partial charge in [-0.2, -0.15) is 0 Å². The van der Waals surface area contributed by atoms with Crippen LogP contribution < -0.4 is 0 Å². The molecule has 0 amide bonds. The molecule has 0 aliphatic heterocycles. The van der Waals surface area contributed by atoms with Gasteiger partial charge in [0.2, 0.25) is 0 Å². The van der Waals surface area contributed by atoms with Crippen molar-refractivity contribution in [3.63, 3.8) is 0 Å². The molecule has 0 spiro atoms. The van der Waals surface area contributed by atoms with Crippen LogP contribution in [0, 0.1) is 0 Å². The van der Waals surface area contributed by atoms with Crippen LogP contribution in [-0.4, -0.2) is 20.3 Å². The summed E-state index contributed by atoms with van der Waals surface area (Å²) in [4.78, 5) is 2.91. The summed E-state index contributed by atoms with van der Waals surface area (Å²) in [6, 6.07) is 5.98. The van der Waals surface area contributed by atoms with E-state index in [4.69, 9.17) is 11.6 Å². The molecule has 1 heterocycles. The van der Waals surface area contributed by atoms with Gasteiger partial charge in [-0.05, 0) is 6.07 Å². The lowest BCUT2D eigenvalue weighted by Gasteiger charge is -1.98. The van der Waals surface area contributed by atoms with Crippen molar-refractivity contribution in [1.29, 1.82) is 0 Å². The van der Waals surface area contributed by atoms with E-state index in [1.54, 1.807) is 12.1 Å². The largest absolute Gasteiger partial charge is 0.508 e. The maximum Gasteiger partial charge on any atom is 0.158 e. The van der Waals surface area contributed by atoms with Gasteiger partial charge >= 0.3 is 0 Å². The van der Waals surface area contributed by atoms with E-state index < -0.39 is 0 Å². The third-order valence-corrected chi connectivity index (χ3v) is 3.06. The van der Waals surface area contributed by atoms with Crippen molar-refractivity contribution in [3.05, 3.63) is 29.3 Å². The first kappa shape index (κ1) is 10.1. The molecule has 86 valence electrons. The highest BCUT2D eigenvalue weighted by atomic mass is 35.5. The number of nitrogens with one attached hydrogen (secondary N) is 1. The zero-order valence-corrected chi connectivity index (χ0v) is 9.28. The lowest BCUT2D eigenvalue weighted by molar-refractivity contribution is 0.455. The highest BCUT2D eigenvalue weighted by Crippen LogP contribution is 2.40. The highest BCUT2D eigenvalue weighted by molar-refractivity contribution is 6.33. The molecule has 2 aromatic carbocycles. The van der Waals surface area contributed by atoms with Crippen LogP contribution in [0.3, 0.4) is 0 Å². The molecule has 0 atom stereocenters. The number of hydrogen-bond donors (Lipinski definition) is 4. The molecule has 3 rings (SSSR count). The first-order valence-electron chi connectivity index (χ1n) is 4.93. The molecule has 0 aliphatic carbocycles. The fraction of sp³-hybridized carbons (Fsp3) is 0. The Morgan fingerprint density at radius 3 is 2.59 bits per heavy atom. The molecule has 4 nitrogen and oxygen atoms in total. The molecule has 3 aromatic rings. The van der Waals surface area contributed by atoms with E-state index in [1.165, 1.54) is 12.1 Å². The Bertz CT molecular complexity index is 748. The quantitative estimate of drug-likeness (QED) is 0.494. The molecule has 0 aliphatic rings. The standard InChI is InChI=1S/C12H8ClNO3/c13-7-2-1-6-10-8(14-11(6)12(7)17)3-5(15)4-9(10)16/h1-4,14-17H. The fourth-order valence-corrected chi connectivity index (χ4v) is 2.19. The monoisotopic (exact) mass is 249 g/mol. The smallest absolute Gasteiger partial charge is 0.158 e. The zero-order valence-electron chi connectivity index (χ0n) is 8.53. The van der Waals surface area contributed by atoms with E-state index >= 15 is 0 Å². The lowest BCUT2D eigenvalue weighted by atomic mass is 10.1. The van der Waals surface area contributed by atoms with Crippen molar-refractivity contribution < 1.29 is 15.3 Å². The van der Waals surface area contributed by atoms with Crippen molar-refractivity contribution in [2.75, 3.05) is 0 Å². The Labute approximate surface area is 101 Å². The number of H-pyrrole nitrogens is 1.